The molecule has 276 valence electrons. The Morgan fingerprint density at radius 1 is 0.720 bits per heavy atom. The minimum Gasteiger partial charge on any atom is -0.480 e. The molecule has 2 rings (SSSR count). The number of carboxylic acid groups (broad SMARTS) is 1. The summed E-state index contributed by atoms with van der Waals surface area (Å²) in [6.45, 7) is 18.4. The van der Waals surface area contributed by atoms with E-state index in [0.717, 1.165) is 37.2 Å². The predicted octanol–water partition coefficient (Wildman–Crippen LogP) is 4.44. The third kappa shape index (κ3) is 14.3. The fourth-order valence-corrected chi connectivity index (χ4v) is 5.55. The zero-order chi connectivity index (χ0) is 37.4. The van der Waals surface area contributed by atoms with Crippen LogP contribution in [0.1, 0.15) is 103 Å². The van der Waals surface area contributed by atoms with Gasteiger partial charge in [-0.25, -0.2) is 4.79 Å². The summed E-state index contributed by atoms with van der Waals surface area (Å²) in [6.07, 6.45) is 2.16. The van der Waals surface area contributed by atoms with Gasteiger partial charge >= 0.3 is 5.97 Å². The Labute approximate surface area is 298 Å². The van der Waals surface area contributed by atoms with E-state index in [9.17, 15) is 29.1 Å². The zero-order valence-electron chi connectivity index (χ0n) is 31.2. The molecule has 11 heteroatoms. The van der Waals surface area contributed by atoms with E-state index in [1.165, 1.54) is 6.92 Å². The van der Waals surface area contributed by atoms with Gasteiger partial charge in [-0.1, -0.05) is 90.9 Å². The maximum absolute atomic E-state index is 13.6. The molecule has 4 atom stereocenters. The quantitative estimate of drug-likeness (QED) is 0.128. The van der Waals surface area contributed by atoms with Crippen molar-refractivity contribution in [3.8, 4) is 0 Å². The van der Waals surface area contributed by atoms with Crippen molar-refractivity contribution >= 4 is 29.6 Å². The fourth-order valence-electron chi connectivity index (χ4n) is 5.55. The van der Waals surface area contributed by atoms with Crippen LogP contribution in [0, 0.1) is 5.92 Å². The second kappa shape index (κ2) is 20.4. The van der Waals surface area contributed by atoms with E-state index in [4.69, 9.17) is 0 Å². The molecule has 0 saturated carbocycles. The number of carboxylic acids is 1. The highest BCUT2D eigenvalue weighted by Crippen LogP contribution is 2.22. The number of benzene rings is 2. The molecule has 0 spiro atoms. The number of nitrogens with one attached hydrogen (secondary N) is 4. The van der Waals surface area contributed by atoms with E-state index in [1.807, 2.05) is 56.3 Å². The first-order valence-corrected chi connectivity index (χ1v) is 17.9. The largest absolute Gasteiger partial charge is 0.480 e. The SMILES string of the molecule is CCN(CC)CCCC[C@H](NC(=O)[C@H](CC(C)C)NC(=O)[C@H](C)NC(=O)[C@H](Cc1ccccc1)NC(=O)c1ccc(C(C)(C)C)cc1)C(=O)O. The average Bonchev–Trinajstić information content (AvgIpc) is 3.06. The minimum atomic E-state index is -1.13. The second-order valence-electron chi connectivity index (χ2n) is 14.4. The summed E-state index contributed by atoms with van der Waals surface area (Å²) >= 11 is 0. The van der Waals surface area contributed by atoms with Crippen LogP contribution in [0.15, 0.2) is 54.6 Å². The standard InChI is InChI=1S/C39H59N5O6/c1-9-44(10-2)23-15-14-18-31(38(49)50)41-37(48)32(24-26(3)4)42-34(45)27(5)40-36(47)33(25-28-16-12-11-13-17-28)43-35(46)29-19-21-30(22-20-29)39(6,7)8/h11-13,16-17,19-22,26-27,31-33H,9-10,14-15,18,23-25H2,1-8H3,(H,40,47)(H,41,48)(H,42,45)(H,43,46)(H,49,50)/t27-,31-,32-,33-/m0/s1. The lowest BCUT2D eigenvalue weighted by molar-refractivity contribution is -0.142. The summed E-state index contributed by atoms with van der Waals surface area (Å²) in [5.41, 5.74) is 2.21. The number of carbonyl (C=O) groups excluding carboxylic acids is 4. The zero-order valence-corrected chi connectivity index (χ0v) is 31.2. The molecule has 4 amide bonds. The molecule has 11 nitrogen and oxygen atoms in total. The molecule has 0 bridgehead atoms. The van der Waals surface area contributed by atoms with Crippen LogP contribution in [0.2, 0.25) is 0 Å². The van der Waals surface area contributed by atoms with Gasteiger partial charge in [0.25, 0.3) is 5.91 Å². The van der Waals surface area contributed by atoms with E-state index < -0.39 is 53.8 Å². The Hall–Kier alpha value is -4.25. The lowest BCUT2D eigenvalue weighted by atomic mass is 9.86. The Morgan fingerprint density at radius 2 is 1.30 bits per heavy atom. The van der Waals surface area contributed by atoms with Gasteiger partial charge in [-0.3, -0.25) is 19.2 Å². The van der Waals surface area contributed by atoms with E-state index in [0.29, 0.717) is 12.0 Å². The Bertz CT molecular complexity index is 1390. The highest BCUT2D eigenvalue weighted by Gasteiger charge is 2.30. The first kappa shape index (κ1) is 41.9. The van der Waals surface area contributed by atoms with Crippen LogP contribution in [0.25, 0.3) is 0 Å². The third-order valence-electron chi connectivity index (χ3n) is 8.74. The number of rotatable bonds is 20. The van der Waals surface area contributed by atoms with Crippen molar-refractivity contribution in [1.82, 2.24) is 26.2 Å². The first-order chi connectivity index (χ1) is 23.5. The molecule has 0 aromatic heterocycles. The molecule has 50 heavy (non-hydrogen) atoms. The van der Waals surface area contributed by atoms with Crippen molar-refractivity contribution in [3.05, 3.63) is 71.3 Å². The van der Waals surface area contributed by atoms with Crippen LogP contribution < -0.4 is 21.3 Å². The van der Waals surface area contributed by atoms with Gasteiger partial charge in [0.15, 0.2) is 0 Å². The van der Waals surface area contributed by atoms with Gasteiger partial charge in [0.1, 0.15) is 24.2 Å². The number of unbranched alkanes of at least 4 members (excludes halogenated alkanes) is 1. The Kier molecular flexibility index (Phi) is 17.1. The molecule has 0 fully saturated rings. The molecule has 0 aliphatic heterocycles. The van der Waals surface area contributed by atoms with Crippen LogP contribution in [0.3, 0.4) is 0 Å². The Balaban J connectivity index is 2.12. The molecule has 0 heterocycles. The van der Waals surface area contributed by atoms with E-state index in [1.54, 1.807) is 12.1 Å². The highest BCUT2D eigenvalue weighted by atomic mass is 16.4. The number of nitrogens with zero attached hydrogens (tertiary/aromatic N) is 1. The summed E-state index contributed by atoms with van der Waals surface area (Å²) in [4.78, 5) is 67.8. The summed E-state index contributed by atoms with van der Waals surface area (Å²) < 4.78 is 0. The van der Waals surface area contributed by atoms with Crippen molar-refractivity contribution in [2.24, 2.45) is 5.92 Å². The van der Waals surface area contributed by atoms with Crippen LogP contribution in [-0.2, 0) is 31.0 Å². The molecule has 0 radical (unpaired) electrons. The van der Waals surface area contributed by atoms with E-state index in [-0.39, 0.29) is 30.6 Å². The fraction of sp³-hybridized carbons (Fsp3) is 0.564. The topological polar surface area (TPSA) is 157 Å². The number of hydrogen-bond acceptors (Lipinski definition) is 6. The van der Waals surface area contributed by atoms with Crippen molar-refractivity contribution in [2.45, 2.75) is 117 Å². The summed E-state index contributed by atoms with van der Waals surface area (Å²) in [6, 6.07) is 12.3. The molecule has 2 aromatic carbocycles. The van der Waals surface area contributed by atoms with Crippen molar-refractivity contribution in [2.75, 3.05) is 19.6 Å². The monoisotopic (exact) mass is 693 g/mol. The van der Waals surface area contributed by atoms with Gasteiger partial charge in [0, 0.05) is 12.0 Å². The van der Waals surface area contributed by atoms with Gasteiger partial charge in [-0.05, 0) is 86.8 Å². The maximum Gasteiger partial charge on any atom is 0.326 e. The summed E-state index contributed by atoms with van der Waals surface area (Å²) in [5, 5.41) is 20.7. The molecule has 0 unspecified atom stereocenters. The molecular formula is C39H59N5O6. The maximum atomic E-state index is 13.6. The molecule has 2 aromatic rings. The van der Waals surface area contributed by atoms with Gasteiger partial charge in [-0.15, -0.1) is 0 Å². The van der Waals surface area contributed by atoms with Crippen LogP contribution in [-0.4, -0.2) is 83.4 Å². The molecule has 5 N–H and O–H groups in total. The van der Waals surface area contributed by atoms with Crippen LogP contribution >= 0.6 is 0 Å². The second-order valence-corrected chi connectivity index (χ2v) is 14.4. The third-order valence-corrected chi connectivity index (χ3v) is 8.74. The van der Waals surface area contributed by atoms with Gasteiger partial charge in [0.05, 0.1) is 0 Å². The number of amides is 4. The predicted molar refractivity (Wildman–Crippen MR) is 197 cm³/mol. The smallest absolute Gasteiger partial charge is 0.326 e. The van der Waals surface area contributed by atoms with Crippen molar-refractivity contribution in [3.63, 3.8) is 0 Å². The molecule has 0 saturated heterocycles. The number of aliphatic carboxylic acids is 1. The molecular weight excluding hydrogens is 634 g/mol. The summed E-state index contributed by atoms with van der Waals surface area (Å²) in [5.74, 6) is -3.30. The summed E-state index contributed by atoms with van der Waals surface area (Å²) in [7, 11) is 0. The lowest BCUT2D eigenvalue weighted by Crippen LogP contribution is -2.57. The van der Waals surface area contributed by atoms with Crippen molar-refractivity contribution < 1.29 is 29.1 Å². The van der Waals surface area contributed by atoms with Gasteiger partial charge in [0.2, 0.25) is 17.7 Å². The van der Waals surface area contributed by atoms with Crippen LogP contribution in [0.4, 0.5) is 0 Å². The molecule has 0 aliphatic carbocycles. The Morgan fingerprint density at radius 3 is 1.84 bits per heavy atom. The lowest BCUT2D eigenvalue weighted by Gasteiger charge is -2.25. The number of carbonyl (C=O) groups is 5. The highest BCUT2D eigenvalue weighted by molar-refractivity contribution is 5.99. The average molecular weight is 694 g/mol. The number of hydrogen-bond donors (Lipinski definition) is 5. The van der Waals surface area contributed by atoms with E-state index in [2.05, 4.69) is 60.8 Å². The van der Waals surface area contributed by atoms with Gasteiger partial charge in [-0.2, -0.15) is 0 Å². The minimum absolute atomic E-state index is 0.0104. The van der Waals surface area contributed by atoms with Gasteiger partial charge < -0.3 is 31.3 Å². The van der Waals surface area contributed by atoms with Crippen molar-refractivity contribution in [1.29, 1.82) is 0 Å². The van der Waals surface area contributed by atoms with E-state index >= 15 is 0 Å². The normalized spacial score (nSPS) is 14.0. The molecule has 0 aliphatic rings. The first-order valence-electron chi connectivity index (χ1n) is 17.9. The van der Waals surface area contributed by atoms with Crippen LogP contribution in [0.5, 0.6) is 0 Å².